The molecule has 1 unspecified atom stereocenters. The summed E-state index contributed by atoms with van der Waals surface area (Å²) in [5.74, 6) is 0.444. The van der Waals surface area contributed by atoms with Crippen molar-refractivity contribution in [3.63, 3.8) is 0 Å². The smallest absolute Gasteiger partial charge is 0.244 e. The van der Waals surface area contributed by atoms with Crippen LogP contribution in [-0.2, 0) is 26.9 Å². The summed E-state index contributed by atoms with van der Waals surface area (Å²) >= 11 is 0. The lowest BCUT2D eigenvalue weighted by Crippen LogP contribution is -2.55. The number of ether oxygens (including phenoxy) is 1. The minimum absolute atomic E-state index is 0.0228. The van der Waals surface area contributed by atoms with Crippen LogP contribution in [0.25, 0.3) is 0 Å². The maximum atomic E-state index is 13.4. The van der Waals surface area contributed by atoms with Gasteiger partial charge in [0.25, 0.3) is 0 Å². The van der Waals surface area contributed by atoms with Gasteiger partial charge in [-0.15, -0.1) is 0 Å². The summed E-state index contributed by atoms with van der Waals surface area (Å²) < 4.78 is 33.7. The van der Waals surface area contributed by atoms with Gasteiger partial charge in [-0.3, -0.25) is 9.48 Å². The summed E-state index contributed by atoms with van der Waals surface area (Å²) in [5.41, 5.74) is 3.26. The van der Waals surface area contributed by atoms with Crippen molar-refractivity contribution in [2.24, 2.45) is 5.41 Å². The highest BCUT2D eigenvalue weighted by atomic mass is 32.2. The number of nitrogens with zero attached hydrogens (tertiary/aromatic N) is 3. The van der Waals surface area contributed by atoms with Crippen molar-refractivity contribution >= 4 is 15.7 Å². The van der Waals surface area contributed by atoms with Crippen molar-refractivity contribution in [3.05, 3.63) is 40.2 Å². The third-order valence-electron chi connectivity index (χ3n) is 7.07. The summed E-state index contributed by atoms with van der Waals surface area (Å²) in [6, 6.07) is 3.61. The van der Waals surface area contributed by atoms with Gasteiger partial charge in [0.05, 0.1) is 23.5 Å². The van der Waals surface area contributed by atoms with Crippen LogP contribution in [0.15, 0.2) is 17.0 Å². The second-order valence-electron chi connectivity index (χ2n) is 10.1. The van der Waals surface area contributed by atoms with E-state index in [0.717, 1.165) is 19.5 Å². The van der Waals surface area contributed by atoms with Crippen molar-refractivity contribution in [2.45, 2.75) is 71.2 Å². The number of carbonyl (C=O) groups excluding carboxylic acids is 1. The Hall–Kier alpha value is -2.39. The third-order valence-corrected chi connectivity index (χ3v) is 9.00. The fourth-order valence-electron chi connectivity index (χ4n) is 5.17. The molecule has 34 heavy (non-hydrogen) atoms. The van der Waals surface area contributed by atoms with Crippen LogP contribution in [0.5, 0.6) is 5.75 Å². The summed E-state index contributed by atoms with van der Waals surface area (Å²) in [6.45, 7) is 13.4. The number of methoxy groups -OCH3 is 1. The molecule has 0 radical (unpaired) electrons. The molecule has 1 atom stereocenters. The van der Waals surface area contributed by atoms with E-state index in [2.05, 4.69) is 24.3 Å². The van der Waals surface area contributed by atoms with Crippen LogP contribution in [0.1, 0.15) is 48.3 Å². The zero-order valence-electron chi connectivity index (χ0n) is 21.7. The number of amides is 1. The van der Waals surface area contributed by atoms with Gasteiger partial charge in [0, 0.05) is 30.9 Å². The molecule has 1 fully saturated rings. The Morgan fingerprint density at radius 2 is 1.85 bits per heavy atom. The molecule has 0 aliphatic carbocycles. The fourth-order valence-corrected chi connectivity index (χ4v) is 7.21. The molecule has 2 aromatic rings. The molecule has 1 N–H and O–H groups in total. The largest absolute Gasteiger partial charge is 0.497 e. The highest BCUT2D eigenvalue weighted by Crippen LogP contribution is 2.31. The third kappa shape index (κ3) is 5.15. The summed E-state index contributed by atoms with van der Waals surface area (Å²) in [4.78, 5) is 15.3. The van der Waals surface area contributed by atoms with E-state index in [1.807, 2.05) is 18.9 Å². The van der Waals surface area contributed by atoms with E-state index in [4.69, 9.17) is 4.74 Å². The molecule has 2 heterocycles. The average molecular weight is 491 g/mol. The Morgan fingerprint density at radius 1 is 1.24 bits per heavy atom. The van der Waals surface area contributed by atoms with Gasteiger partial charge in [-0.25, -0.2) is 8.42 Å². The first-order chi connectivity index (χ1) is 15.8. The highest BCUT2D eigenvalue weighted by molar-refractivity contribution is 7.90. The van der Waals surface area contributed by atoms with Gasteiger partial charge in [0.1, 0.15) is 12.3 Å². The Bertz CT molecular complexity index is 1160. The standard InChI is InChI=1S/C25H38N4O4S/c1-16-11-20(33-8)12-17(2)24(16)34(31,32)14-21-18(3)27-29(19(21)4)13-23(30)28(7)22-9-10-26-15-25(22,5)6/h11-12,22,26H,9-10,13-15H2,1-8H3. The zero-order chi connectivity index (χ0) is 25.4. The number of aromatic nitrogens is 2. The molecule has 0 bridgehead atoms. The lowest BCUT2D eigenvalue weighted by molar-refractivity contribution is -0.136. The monoisotopic (exact) mass is 490 g/mol. The predicted molar refractivity (Wildman–Crippen MR) is 133 cm³/mol. The van der Waals surface area contributed by atoms with Crippen LogP contribution in [0.2, 0.25) is 0 Å². The van der Waals surface area contributed by atoms with Crippen LogP contribution >= 0.6 is 0 Å². The molecule has 1 aromatic carbocycles. The molecule has 8 nitrogen and oxygen atoms in total. The van der Waals surface area contributed by atoms with Crippen molar-refractivity contribution in [3.8, 4) is 5.75 Å². The molecule has 1 aliphatic heterocycles. The van der Waals surface area contributed by atoms with Gasteiger partial charge >= 0.3 is 0 Å². The topological polar surface area (TPSA) is 93.5 Å². The molecule has 3 rings (SSSR count). The van der Waals surface area contributed by atoms with E-state index in [-0.39, 0.29) is 29.7 Å². The number of benzene rings is 1. The predicted octanol–water partition coefficient (Wildman–Crippen LogP) is 2.95. The summed E-state index contributed by atoms with van der Waals surface area (Å²) in [7, 11) is -0.202. The quantitative estimate of drug-likeness (QED) is 0.641. The van der Waals surface area contributed by atoms with Gasteiger partial charge in [0.2, 0.25) is 5.91 Å². The molecule has 1 saturated heterocycles. The van der Waals surface area contributed by atoms with E-state index in [0.29, 0.717) is 38.7 Å². The highest BCUT2D eigenvalue weighted by Gasteiger charge is 2.37. The second kappa shape index (κ2) is 9.70. The maximum absolute atomic E-state index is 13.4. The number of sulfone groups is 1. The molecule has 188 valence electrons. The first-order valence-corrected chi connectivity index (χ1v) is 13.3. The Morgan fingerprint density at radius 3 is 2.41 bits per heavy atom. The summed E-state index contributed by atoms with van der Waals surface area (Å²) in [5, 5.41) is 7.93. The van der Waals surface area contributed by atoms with Gasteiger partial charge in [0.15, 0.2) is 9.84 Å². The van der Waals surface area contributed by atoms with Crippen LogP contribution in [-0.4, -0.2) is 62.3 Å². The summed E-state index contributed by atoms with van der Waals surface area (Å²) in [6.07, 6.45) is 0.899. The molecule has 1 aliphatic rings. The van der Waals surface area contributed by atoms with Gasteiger partial charge in [-0.05, 0) is 69.3 Å². The number of piperidine rings is 1. The molecule has 1 amide bonds. The minimum atomic E-state index is -3.62. The number of likely N-dealkylation sites (N-methyl/N-ethyl adjacent to an activating group) is 1. The fraction of sp³-hybridized carbons (Fsp3) is 0.600. The number of hydrogen-bond donors (Lipinski definition) is 1. The van der Waals surface area contributed by atoms with E-state index in [1.165, 1.54) is 0 Å². The minimum Gasteiger partial charge on any atom is -0.497 e. The average Bonchev–Trinajstić information content (AvgIpc) is 2.99. The Labute approximate surface area is 203 Å². The van der Waals surface area contributed by atoms with E-state index in [9.17, 15) is 13.2 Å². The van der Waals surface area contributed by atoms with Crippen LogP contribution in [0, 0.1) is 33.1 Å². The number of hydrogen-bond acceptors (Lipinski definition) is 6. The number of aryl methyl sites for hydroxylation is 3. The van der Waals surface area contributed by atoms with Gasteiger partial charge < -0.3 is 15.0 Å². The van der Waals surface area contributed by atoms with E-state index >= 15 is 0 Å². The normalized spacial score (nSPS) is 18.1. The molecular formula is C25H38N4O4S. The zero-order valence-corrected chi connectivity index (χ0v) is 22.5. The number of rotatable bonds is 7. The lowest BCUT2D eigenvalue weighted by atomic mass is 9.79. The van der Waals surface area contributed by atoms with Crippen LogP contribution < -0.4 is 10.1 Å². The number of nitrogens with one attached hydrogen (secondary N) is 1. The van der Waals surface area contributed by atoms with E-state index in [1.54, 1.807) is 44.7 Å². The Balaban J connectivity index is 1.84. The molecule has 9 heteroatoms. The molecular weight excluding hydrogens is 452 g/mol. The van der Waals surface area contributed by atoms with Crippen LogP contribution in [0.3, 0.4) is 0 Å². The van der Waals surface area contributed by atoms with Gasteiger partial charge in [-0.1, -0.05) is 13.8 Å². The molecule has 0 spiro atoms. The lowest BCUT2D eigenvalue weighted by Gasteiger charge is -2.44. The van der Waals surface area contributed by atoms with Crippen molar-refractivity contribution < 1.29 is 17.9 Å². The van der Waals surface area contributed by atoms with Crippen LogP contribution in [0.4, 0.5) is 0 Å². The maximum Gasteiger partial charge on any atom is 0.244 e. The van der Waals surface area contributed by atoms with E-state index < -0.39 is 9.84 Å². The molecule has 0 saturated carbocycles. The van der Waals surface area contributed by atoms with Gasteiger partial charge in [-0.2, -0.15) is 5.10 Å². The Kier molecular flexibility index (Phi) is 7.48. The SMILES string of the molecule is COc1cc(C)c(S(=O)(=O)Cc2c(C)nn(CC(=O)N(C)C3CCNCC3(C)C)c2C)c(C)c1. The van der Waals surface area contributed by atoms with Crippen molar-refractivity contribution in [2.75, 3.05) is 27.2 Å². The van der Waals surface area contributed by atoms with Crippen molar-refractivity contribution in [1.29, 1.82) is 0 Å². The number of carbonyl (C=O) groups is 1. The molecule has 1 aromatic heterocycles. The first kappa shape index (κ1) is 26.2. The van der Waals surface area contributed by atoms with Crippen molar-refractivity contribution in [1.82, 2.24) is 20.0 Å². The first-order valence-electron chi connectivity index (χ1n) is 11.7. The second-order valence-corrected chi connectivity index (χ2v) is 12.1.